The van der Waals surface area contributed by atoms with Crippen LogP contribution in [0, 0.1) is 6.92 Å². The van der Waals surface area contributed by atoms with Crippen molar-refractivity contribution in [1.29, 1.82) is 0 Å². The number of aryl methyl sites for hydroxylation is 1. The topological polar surface area (TPSA) is 152 Å². The fraction of sp³-hybridized carbons (Fsp3) is 0.280. The zero-order valence-corrected chi connectivity index (χ0v) is 20.0. The van der Waals surface area contributed by atoms with Crippen LogP contribution in [0.3, 0.4) is 0 Å². The van der Waals surface area contributed by atoms with Gasteiger partial charge in [0, 0.05) is 11.7 Å². The van der Waals surface area contributed by atoms with Gasteiger partial charge in [-0.05, 0) is 66.7 Å². The number of phenolic OH excluding ortho intramolecular Hbond substituents is 1. The second-order valence-electron chi connectivity index (χ2n) is 8.64. The number of phenols is 1. The van der Waals surface area contributed by atoms with Crippen molar-refractivity contribution in [3.05, 3.63) is 70.2 Å². The molecule has 1 unspecified atom stereocenters. The minimum absolute atomic E-state index is 0.0118. The maximum absolute atomic E-state index is 14.0. The highest BCUT2D eigenvalue weighted by Gasteiger charge is 2.37. The third kappa shape index (κ3) is 5.12. The lowest BCUT2D eigenvalue weighted by atomic mass is 10.0. The first-order valence-electron chi connectivity index (χ1n) is 11.3. The first kappa shape index (κ1) is 24.2. The summed E-state index contributed by atoms with van der Waals surface area (Å²) >= 11 is 0.761. The number of benzene rings is 2. The van der Waals surface area contributed by atoms with Crippen LogP contribution in [-0.4, -0.2) is 33.2 Å². The van der Waals surface area contributed by atoms with Gasteiger partial charge in [-0.25, -0.2) is 0 Å². The van der Waals surface area contributed by atoms with E-state index in [9.17, 15) is 19.5 Å². The number of hydrogen-bond acceptors (Lipinski definition) is 7. The molecule has 0 aliphatic heterocycles. The fourth-order valence-electron chi connectivity index (χ4n) is 4.32. The van der Waals surface area contributed by atoms with Crippen LogP contribution < -0.4 is 21.7 Å². The molecule has 1 heterocycles. The first-order chi connectivity index (χ1) is 16.8. The fourth-order valence-corrected chi connectivity index (χ4v) is 5.07. The summed E-state index contributed by atoms with van der Waals surface area (Å²) in [6.07, 6.45) is 3.80. The number of rotatable bonds is 7. The molecular weight excluding hydrogens is 466 g/mol. The molecule has 35 heavy (non-hydrogen) atoms. The Bertz CT molecular complexity index is 1250. The number of nitrogen functional groups attached to an aromatic ring is 1. The SMILES string of the molecule is Cc1cccc(N(C(=O)c2snc(C(N)=O)c2N)C(C(=O)NC2CCCC2)c2ccc(O)cc2)c1. The lowest BCUT2D eigenvalue weighted by Gasteiger charge is -2.32. The number of hydrogen-bond donors (Lipinski definition) is 4. The summed E-state index contributed by atoms with van der Waals surface area (Å²) < 4.78 is 3.96. The van der Waals surface area contributed by atoms with Crippen molar-refractivity contribution < 1.29 is 19.5 Å². The summed E-state index contributed by atoms with van der Waals surface area (Å²) in [5.74, 6) is -1.74. The van der Waals surface area contributed by atoms with Crippen LogP contribution in [0.25, 0.3) is 0 Å². The van der Waals surface area contributed by atoms with Gasteiger partial charge >= 0.3 is 0 Å². The lowest BCUT2D eigenvalue weighted by Crippen LogP contribution is -2.46. The van der Waals surface area contributed by atoms with Gasteiger partial charge in [0.15, 0.2) is 5.69 Å². The summed E-state index contributed by atoms with van der Waals surface area (Å²) in [6, 6.07) is 12.3. The van der Waals surface area contributed by atoms with Crippen molar-refractivity contribution >= 4 is 40.6 Å². The van der Waals surface area contributed by atoms with E-state index in [0.29, 0.717) is 11.3 Å². The number of aromatic nitrogens is 1. The highest BCUT2D eigenvalue weighted by molar-refractivity contribution is 7.09. The average Bonchev–Trinajstić information content (AvgIpc) is 3.47. The predicted molar refractivity (Wildman–Crippen MR) is 134 cm³/mol. The van der Waals surface area contributed by atoms with Gasteiger partial charge in [0.05, 0.1) is 5.69 Å². The number of nitrogens with two attached hydrogens (primary N) is 2. The molecule has 4 rings (SSSR count). The van der Waals surface area contributed by atoms with Crippen molar-refractivity contribution in [3.8, 4) is 5.75 Å². The van der Waals surface area contributed by atoms with Crippen LogP contribution in [0.15, 0.2) is 48.5 Å². The van der Waals surface area contributed by atoms with E-state index < -0.39 is 17.9 Å². The Balaban J connectivity index is 1.85. The second kappa shape index (κ2) is 10.1. The molecule has 0 saturated heterocycles. The number of aromatic hydroxyl groups is 1. The summed E-state index contributed by atoms with van der Waals surface area (Å²) in [7, 11) is 0. The lowest BCUT2D eigenvalue weighted by molar-refractivity contribution is -0.123. The maximum atomic E-state index is 14.0. The van der Waals surface area contributed by atoms with Crippen molar-refractivity contribution in [1.82, 2.24) is 9.69 Å². The Morgan fingerprint density at radius 1 is 1.14 bits per heavy atom. The van der Waals surface area contributed by atoms with Crippen molar-refractivity contribution in [2.24, 2.45) is 5.73 Å². The van der Waals surface area contributed by atoms with Gasteiger partial charge in [0.25, 0.3) is 11.8 Å². The molecule has 3 aromatic rings. The van der Waals surface area contributed by atoms with E-state index in [4.69, 9.17) is 11.5 Å². The van der Waals surface area contributed by atoms with Gasteiger partial charge < -0.3 is 21.9 Å². The molecule has 1 aliphatic carbocycles. The number of carbonyl (C=O) groups is 3. The number of carbonyl (C=O) groups excluding carboxylic acids is 3. The van der Waals surface area contributed by atoms with Crippen molar-refractivity contribution in [2.75, 3.05) is 10.6 Å². The van der Waals surface area contributed by atoms with Gasteiger partial charge in [-0.15, -0.1) is 0 Å². The number of primary amides is 1. The van der Waals surface area contributed by atoms with Gasteiger partial charge in [-0.2, -0.15) is 4.37 Å². The van der Waals surface area contributed by atoms with Gasteiger partial charge in [-0.3, -0.25) is 19.3 Å². The highest BCUT2D eigenvalue weighted by Crippen LogP contribution is 2.34. The van der Waals surface area contributed by atoms with Crippen molar-refractivity contribution in [2.45, 2.75) is 44.7 Å². The Labute approximate surface area is 206 Å². The Morgan fingerprint density at radius 2 is 1.83 bits per heavy atom. The molecule has 2 aromatic carbocycles. The van der Waals surface area contributed by atoms with Gasteiger partial charge in [0.1, 0.15) is 16.7 Å². The normalized spacial score (nSPS) is 14.4. The number of amides is 3. The van der Waals surface area contributed by atoms with E-state index in [0.717, 1.165) is 42.8 Å². The molecule has 6 N–H and O–H groups in total. The highest BCUT2D eigenvalue weighted by atomic mass is 32.1. The monoisotopic (exact) mass is 493 g/mol. The molecule has 1 aliphatic rings. The van der Waals surface area contributed by atoms with Crippen molar-refractivity contribution in [3.63, 3.8) is 0 Å². The molecule has 9 nitrogen and oxygen atoms in total. The molecule has 0 spiro atoms. The zero-order valence-electron chi connectivity index (χ0n) is 19.2. The predicted octanol–water partition coefficient (Wildman–Crippen LogP) is 3.29. The van der Waals surface area contributed by atoms with E-state index in [2.05, 4.69) is 9.69 Å². The van der Waals surface area contributed by atoms with Crippen LogP contribution in [-0.2, 0) is 4.79 Å². The minimum Gasteiger partial charge on any atom is -0.508 e. The largest absolute Gasteiger partial charge is 0.508 e. The third-order valence-electron chi connectivity index (χ3n) is 6.07. The molecule has 1 aromatic heterocycles. The third-order valence-corrected chi connectivity index (χ3v) is 6.92. The Hall–Kier alpha value is -3.92. The van der Waals surface area contributed by atoms with E-state index in [1.165, 1.54) is 17.0 Å². The zero-order chi connectivity index (χ0) is 25.1. The first-order valence-corrected chi connectivity index (χ1v) is 12.1. The van der Waals surface area contributed by atoms with E-state index in [1.807, 2.05) is 13.0 Å². The average molecular weight is 494 g/mol. The van der Waals surface area contributed by atoms with Crippen LogP contribution in [0.4, 0.5) is 11.4 Å². The quantitative estimate of drug-likeness (QED) is 0.396. The second-order valence-corrected chi connectivity index (χ2v) is 9.41. The number of anilines is 2. The van der Waals surface area contributed by atoms with Crippen LogP contribution in [0.2, 0.25) is 0 Å². The molecule has 1 saturated carbocycles. The van der Waals surface area contributed by atoms with E-state index in [1.54, 1.807) is 30.3 Å². The summed E-state index contributed by atoms with van der Waals surface area (Å²) in [6.45, 7) is 1.88. The molecular formula is C25H27N5O4S. The number of nitrogens with one attached hydrogen (secondary N) is 1. The van der Waals surface area contributed by atoms with E-state index >= 15 is 0 Å². The summed E-state index contributed by atoms with van der Waals surface area (Å²) in [5.41, 5.74) is 13.0. The summed E-state index contributed by atoms with van der Waals surface area (Å²) in [4.78, 5) is 40.8. The molecule has 0 bridgehead atoms. The smallest absolute Gasteiger partial charge is 0.273 e. The Morgan fingerprint density at radius 3 is 2.43 bits per heavy atom. The standard InChI is InChI=1S/C25H27N5O4S/c1-14-5-4-8-17(13-14)30(25(34)22-19(26)20(23(27)32)29-35-22)21(15-9-11-18(31)12-10-15)24(33)28-16-6-2-3-7-16/h4-5,8-13,16,21,31H,2-3,6-7,26H2,1H3,(H2,27,32)(H,28,33). The molecule has 0 radical (unpaired) electrons. The van der Waals surface area contributed by atoms with Crippen LogP contribution >= 0.6 is 11.5 Å². The minimum atomic E-state index is -1.07. The van der Waals surface area contributed by atoms with Crippen LogP contribution in [0.5, 0.6) is 5.75 Å². The number of nitrogens with zero attached hydrogens (tertiary/aromatic N) is 2. The maximum Gasteiger partial charge on any atom is 0.273 e. The molecule has 10 heteroatoms. The molecule has 182 valence electrons. The molecule has 3 amide bonds. The molecule has 1 atom stereocenters. The Kier molecular flexibility index (Phi) is 7.02. The van der Waals surface area contributed by atoms with Gasteiger partial charge in [0.2, 0.25) is 5.91 Å². The molecule has 1 fully saturated rings. The summed E-state index contributed by atoms with van der Waals surface area (Å²) in [5, 5.41) is 12.9. The van der Waals surface area contributed by atoms with E-state index in [-0.39, 0.29) is 34.0 Å². The van der Waals surface area contributed by atoms with Crippen LogP contribution in [0.1, 0.15) is 63.0 Å². The van der Waals surface area contributed by atoms with Gasteiger partial charge in [-0.1, -0.05) is 37.1 Å².